The predicted octanol–water partition coefficient (Wildman–Crippen LogP) is 1.24. The van der Waals surface area contributed by atoms with Gasteiger partial charge in [-0.2, -0.15) is 0 Å². The summed E-state index contributed by atoms with van der Waals surface area (Å²) in [7, 11) is 3.89. The van der Waals surface area contributed by atoms with Crippen LogP contribution in [0.5, 0.6) is 5.88 Å². The van der Waals surface area contributed by atoms with Crippen molar-refractivity contribution in [1.82, 2.24) is 14.8 Å². The lowest BCUT2D eigenvalue weighted by atomic mass is 9.87. The van der Waals surface area contributed by atoms with Gasteiger partial charge in [0.15, 0.2) is 0 Å². The first-order valence-corrected chi connectivity index (χ1v) is 7.67. The predicted molar refractivity (Wildman–Crippen MR) is 81.4 cm³/mol. The van der Waals surface area contributed by atoms with Crippen molar-refractivity contribution in [2.24, 2.45) is 5.41 Å². The number of aromatic nitrogens is 1. The van der Waals surface area contributed by atoms with Crippen molar-refractivity contribution < 1.29 is 9.47 Å². The summed E-state index contributed by atoms with van der Waals surface area (Å²) in [5.74, 6) is 0.736. The highest BCUT2D eigenvalue weighted by Gasteiger charge is 2.39. The first kappa shape index (κ1) is 14.8. The topological polar surface area (TPSA) is 37.8 Å². The summed E-state index contributed by atoms with van der Waals surface area (Å²) in [4.78, 5) is 9.20. The van der Waals surface area contributed by atoms with E-state index in [9.17, 15) is 0 Å². The Balaban J connectivity index is 1.72. The summed E-state index contributed by atoms with van der Waals surface area (Å²) in [6.07, 6.45) is 3.01. The van der Waals surface area contributed by atoms with E-state index < -0.39 is 0 Å². The summed E-state index contributed by atoms with van der Waals surface area (Å²) in [6, 6.07) is 4.08. The van der Waals surface area contributed by atoms with Gasteiger partial charge in [0.05, 0.1) is 20.3 Å². The van der Waals surface area contributed by atoms with Gasteiger partial charge < -0.3 is 14.4 Å². The molecule has 2 aliphatic rings. The van der Waals surface area contributed by atoms with Crippen LogP contribution in [0.15, 0.2) is 18.3 Å². The molecule has 0 amide bonds. The normalized spacial score (nSPS) is 27.9. The lowest BCUT2D eigenvalue weighted by Crippen LogP contribution is -2.40. The minimum Gasteiger partial charge on any atom is -0.481 e. The molecular formula is C16H25N3O2. The molecule has 0 aromatic carbocycles. The van der Waals surface area contributed by atoms with Gasteiger partial charge >= 0.3 is 0 Å². The fourth-order valence-electron chi connectivity index (χ4n) is 3.59. The SMILES string of the molecule is COc1ncccc1CN1CCOCC2(CCN(C)C2)C1. The number of likely N-dealkylation sites (tertiary alicyclic amines) is 1. The van der Waals surface area contributed by atoms with Gasteiger partial charge in [-0.1, -0.05) is 6.07 Å². The summed E-state index contributed by atoms with van der Waals surface area (Å²) >= 11 is 0. The zero-order valence-electron chi connectivity index (χ0n) is 13.0. The highest BCUT2D eigenvalue weighted by atomic mass is 16.5. The Morgan fingerprint density at radius 1 is 1.38 bits per heavy atom. The summed E-state index contributed by atoms with van der Waals surface area (Å²) in [5, 5.41) is 0. The molecule has 1 spiro atoms. The molecular weight excluding hydrogens is 266 g/mol. The maximum atomic E-state index is 5.89. The van der Waals surface area contributed by atoms with Crippen molar-refractivity contribution >= 4 is 0 Å². The number of rotatable bonds is 3. The molecule has 5 nitrogen and oxygen atoms in total. The number of ether oxygens (including phenoxy) is 2. The van der Waals surface area contributed by atoms with Crippen LogP contribution in [-0.4, -0.2) is 68.3 Å². The van der Waals surface area contributed by atoms with Gasteiger partial charge in [-0.25, -0.2) is 4.98 Å². The third kappa shape index (κ3) is 3.36. The monoisotopic (exact) mass is 291 g/mol. The minimum atomic E-state index is 0.292. The molecule has 1 unspecified atom stereocenters. The molecule has 0 bridgehead atoms. The summed E-state index contributed by atoms with van der Waals surface area (Å²) in [6.45, 7) is 6.96. The maximum absolute atomic E-state index is 5.89. The summed E-state index contributed by atoms with van der Waals surface area (Å²) < 4.78 is 11.3. The molecule has 0 radical (unpaired) electrons. The summed E-state index contributed by atoms with van der Waals surface area (Å²) in [5.41, 5.74) is 1.45. The van der Waals surface area contributed by atoms with Crippen LogP contribution in [0, 0.1) is 5.41 Å². The van der Waals surface area contributed by atoms with E-state index in [1.54, 1.807) is 13.3 Å². The van der Waals surface area contributed by atoms with E-state index in [-0.39, 0.29) is 0 Å². The van der Waals surface area contributed by atoms with E-state index in [4.69, 9.17) is 9.47 Å². The van der Waals surface area contributed by atoms with Gasteiger partial charge in [0.2, 0.25) is 5.88 Å². The van der Waals surface area contributed by atoms with Crippen LogP contribution in [0.2, 0.25) is 0 Å². The molecule has 3 heterocycles. The molecule has 1 atom stereocenters. The molecule has 116 valence electrons. The van der Waals surface area contributed by atoms with Crippen molar-refractivity contribution in [1.29, 1.82) is 0 Å². The van der Waals surface area contributed by atoms with Crippen LogP contribution in [0.3, 0.4) is 0 Å². The van der Waals surface area contributed by atoms with Crippen LogP contribution in [0.4, 0.5) is 0 Å². The third-order valence-corrected chi connectivity index (χ3v) is 4.59. The van der Waals surface area contributed by atoms with E-state index in [1.807, 2.05) is 6.07 Å². The molecule has 2 aliphatic heterocycles. The zero-order valence-corrected chi connectivity index (χ0v) is 13.0. The van der Waals surface area contributed by atoms with Gasteiger partial charge in [-0.05, 0) is 26.1 Å². The number of methoxy groups -OCH3 is 1. The van der Waals surface area contributed by atoms with Crippen molar-refractivity contribution in [3.8, 4) is 5.88 Å². The quantitative estimate of drug-likeness (QED) is 0.838. The molecule has 1 aromatic rings. The second kappa shape index (κ2) is 6.30. The highest BCUT2D eigenvalue weighted by molar-refractivity contribution is 5.25. The smallest absolute Gasteiger partial charge is 0.217 e. The molecule has 1 aromatic heterocycles. The molecule has 2 fully saturated rings. The largest absolute Gasteiger partial charge is 0.481 e. The van der Waals surface area contributed by atoms with Crippen molar-refractivity contribution in [3.05, 3.63) is 23.9 Å². The van der Waals surface area contributed by atoms with Gasteiger partial charge in [0, 0.05) is 43.4 Å². The standard InChI is InChI=1S/C16H25N3O2/c1-18-7-5-16(11-18)12-19(8-9-21-13-16)10-14-4-3-6-17-15(14)20-2/h3-4,6H,5,7-13H2,1-2H3. The van der Waals surface area contributed by atoms with Crippen LogP contribution in [0.25, 0.3) is 0 Å². The first-order chi connectivity index (χ1) is 10.2. The lowest BCUT2D eigenvalue weighted by Gasteiger charge is -2.31. The number of pyridine rings is 1. The van der Waals surface area contributed by atoms with E-state index in [0.29, 0.717) is 5.41 Å². The molecule has 3 rings (SSSR count). The van der Waals surface area contributed by atoms with Crippen molar-refractivity contribution in [2.75, 3.05) is 53.6 Å². The fourth-order valence-corrected chi connectivity index (χ4v) is 3.59. The van der Waals surface area contributed by atoms with E-state index in [1.165, 1.54) is 13.0 Å². The van der Waals surface area contributed by atoms with Crippen LogP contribution < -0.4 is 4.74 Å². The maximum Gasteiger partial charge on any atom is 0.217 e. The number of hydrogen-bond acceptors (Lipinski definition) is 5. The fraction of sp³-hybridized carbons (Fsp3) is 0.688. The Morgan fingerprint density at radius 2 is 2.29 bits per heavy atom. The van der Waals surface area contributed by atoms with Crippen LogP contribution in [0.1, 0.15) is 12.0 Å². The Hall–Kier alpha value is -1.17. The van der Waals surface area contributed by atoms with Gasteiger partial charge in [0.1, 0.15) is 0 Å². The Labute approximate surface area is 126 Å². The Bertz CT molecular complexity index is 482. The average molecular weight is 291 g/mol. The Morgan fingerprint density at radius 3 is 3.05 bits per heavy atom. The number of hydrogen-bond donors (Lipinski definition) is 0. The Kier molecular flexibility index (Phi) is 4.42. The second-order valence-corrected chi connectivity index (χ2v) is 6.42. The third-order valence-electron chi connectivity index (χ3n) is 4.59. The van der Waals surface area contributed by atoms with Crippen molar-refractivity contribution in [3.63, 3.8) is 0 Å². The minimum absolute atomic E-state index is 0.292. The van der Waals surface area contributed by atoms with Crippen LogP contribution >= 0.6 is 0 Å². The molecule has 0 aliphatic carbocycles. The number of nitrogens with zero attached hydrogens (tertiary/aromatic N) is 3. The first-order valence-electron chi connectivity index (χ1n) is 7.67. The van der Waals surface area contributed by atoms with Gasteiger partial charge in [-0.15, -0.1) is 0 Å². The van der Waals surface area contributed by atoms with Crippen LogP contribution in [-0.2, 0) is 11.3 Å². The molecule has 0 N–H and O–H groups in total. The zero-order chi connectivity index (χ0) is 14.7. The lowest BCUT2D eigenvalue weighted by molar-refractivity contribution is 0.0730. The van der Waals surface area contributed by atoms with Gasteiger partial charge in [-0.3, -0.25) is 4.90 Å². The molecule has 21 heavy (non-hydrogen) atoms. The average Bonchev–Trinajstić information content (AvgIpc) is 2.73. The van der Waals surface area contributed by atoms with E-state index >= 15 is 0 Å². The van der Waals surface area contributed by atoms with E-state index in [2.05, 4.69) is 27.9 Å². The van der Waals surface area contributed by atoms with Crippen molar-refractivity contribution in [2.45, 2.75) is 13.0 Å². The molecule has 2 saturated heterocycles. The second-order valence-electron chi connectivity index (χ2n) is 6.42. The molecule has 0 saturated carbocycles. The van der Waals surface area contributed by atoms with Gasteiger partial charge in [0.25, 0.3) is 0 Å². The highest BCUT2D eigenvalue weighted by Crippen LogP contribution is 2.33. The van der Waals surface area contributed by atoms with E-state index in [0.717, 1.165) is 50.8 Å². The molecule has 5 heteroatoms.